The summed E-state index contributed by atoms with van der Waals surface area (Å²) in [5.41, 5.74) is 6.20. The third-order valence-electron chi connectivity index (χ3n) is 6.26. The molecule has 0 saturated heterocycles. The fraction of sp³-hybridized carbons (Fsp3) is 0.520. The minimum Gasteiger partial charge on any atom is -0.0864 e. The van der Waals surface area contributed by atoms with Gasteiger partial charge < -0.3 is 0 Å². The molecule has 0 aromatic heterocycles. The molecule has 1 aliphatic rings. The summed E-state index contributed by atoms with van der Waals surface area (Å²) in [6.45, 7) is 0. The first-order valence-electron chi connectivity index (χ1n) is 10.8. The van der Waals surface area contributed by atoms with Gasteiger partial charge in [0.25, 0.3) is 0 Å². The molecule has 0 amide bonds. The summed E-state index contributed by atoms with van der Waals surface area (Å²) >= 11 is 12.6. The third-order valence-corrected chi connectivity index (χ3v) is 8.77. The maximum absolute atomic E-state index is 3.77. The molecule has 3 rings (SSSR count). The lowest BCUT2D eigenvalue weighted by Crippen LogP contribution is -2.25. The lowest BCUT2D eigenvalue weighted by Gasteiger charge is -2.33. The van der Waals surface area contributed by atoms with Crippen LogP contribution < -0.4 is 0 Å². The Hall–Kier alpha value is 0.860. The molecule has 0 radical (unpaired) electrons. The summed E-state index contributed by atoms with van der Waals surface area (Å²) in [6.07, 6.45) is 13.3. The average Bonchev–Trinajstić information content (AvgIpc) is 2.96. The summed E-state index contributed by atoms with van der Waals surface area (Å²) in [5.74, 6) is 0. The van der Waals surface area contributed by atoms with Crippen molar-refractivity contribution in [1.29, 1.82) is 0 Å². The first kappa shape index (κ1) is 24.5. The van der Waals surface area contributed by atoms with E-state index in [0.717, 1.165) is 0 Å². The van der Waals surface area contributed by atoms with E-state index in [-0.39, 0.29) is 5.41 Å². The van der Waals surface area contributed by atoms with Crippen LogP contribution in [0.2, 0.25) is 0 Å². The molecule has 0 bridgehead atoms. The van der Waals surface area contributed by atoms with Gasteiger partial charge in [0.1, 0.15) is 0 Å². The average molecular weight is 744 g/mol. The van der Waals surface area contributed by atoms with E-state index in [0.29, 0.717) is 0 Å². The summed E-state index contributed by atoms with van der Waals surface area (Å²) in [6, 6.07) is 13.9. The number of fused-ring (bicyclic) bond motifs is 3. The van der Waals surface area contributed by atoms with Gasteiger partial charge in [-0.05, 0) is 81.1 Å². The van der Waals surface area contributed by atoms with E-state index < -0.39 is 0 Å². The van der Waals surface area contributed by atoms with E-state index in [9.17, 15) is 0 Å². The van der Waals surface area contributed by atoms with Crippen LogP contribution in [0.3, 0.4) is 0 Å². The van der Waals surface area contributed by atoms with Gasteiger partial charge in [-0.3, -0.25) is 0 Å². The lowest BCUT2D eigenvalue weighted by molar-refractivity contribution is 0.401. The first-order valence-corrected chi connectivity index (χ1v) is 15.5. The molecule has 0 spiro atoms. The second-order valence-electron chi connectivity index (χ2n) is 8.17. The van der Waals surface area contributed by atoms with E-state index in [2.05, 4.69) is 113 Å². The Morgan fingerprint density at radius 3 is 1.41 bits per heavy atom. The largest absolute Gasteiger partial charge is 0.0864 e. The Kier molecular flexibility index (Phi) is 10.3. The first-order chi connectivity index (χ1) is 14.1. The maximum atomic E-state index is 3.77. The number of hydrogen-bond donors (Lipinski definition) is 0. The molecule has 1 aliphatic carbocycles. The summed E-state index contributed by atoms with van der Waals surface area (Å²) in [7, 11) is 0. The predicted molar refractivity (Wildman–Crippen MR) is 152 cm³/mol. The van der Waals surface area contributed by atoms with Crippen molar-refractivity contribution in [2.75, 3.05) is 8.86 Å². The van der Waals surface area contributed by atoms with Crippen LogP contribution in [0, 0.1) is 0 Å². The van der Waals surface area contributed by atoms with Crippen LogP contribution in [0.15, 0.2) is 45.3 Å². The lowest BCUT2D eigenvalue weighted by atomic mass is 9.70. The molecule has 0 fully saturated rings. The second kappa shape index (κ2) is 12.2. The van der Waals surface area contributed by atoms with Crippen molar-refractivity contribution >= 4 is 77.0 Å². The molecule has 29 heavy (non-hydrogen) atoms. The number of hydrogen-bond acceptors (Lipinski definition) is 0. The van der Waals surface area contributed by atoms with Crippen LogP contribution >= 0.6 is 77.0 Å². The highest BCUT2D eigenvalue weighted by molar-refractivity contribution is 14.1. The van der Waals surface area contributed by atoms with E-state index in [1.54, 1.807) is 11.1 Å². The van der Waals surface area contributed by atoms with Gasteiger partial charge >= 0.3 is 0 Å². The Morgan fingerprint density at radius 1 is 0.586 bits per heavy atom. The van der Waals surface area contributed by atoms with Crippen molar-refractivity contribution in [3.05, 3.63) is 56.5 Å². The van der Waals surface area contributed by atoms with Gasteiger partial charge in [0.15, 0.2) is 0 Å². The number of unbranched alkanes of at least 4 members (excludes halogenated alkanes) is 6. The van der Waals surface area contributed by atoms with Crippen molar-refractivity contribution in [3.63, 3.8) is 0 Å². The van der Waals surface area contributed by atoms with Gasteiger partial charge in [-0.15, -0.1) is 0 Å². The fourth-order valence-corrected chi connectivity index (χ4v) is 6.65. The van der Waals surface area contributed by atoms with Crippen LogP contribution in [0.4, 0.5) is 0 Å². The topological polar surface area (TPSA) is 0 Å². The summed E-state index contributed by atoms with van der Waals surface area (Å²) in [5, 5.41) is 0. The Labute approximate surface area is 220 Å². The number of rotatable bonds is 12. The van der Waals surface area contributed by atoms with E-state index in [1.807, 2.05) is 0 Å². The molecule has 4 heteroatoms. The molecule has 2 aromatic carbocycles. The number of alkyl halides is 2. The van der Waals surface area contributed by atoms with Crippen LogP contribution in [-0.4, -0.2) is 8.86 Å². The predicted octanol–water partition coefficient (Wildman–Crippen LogP) is 10.2. The van der Waals surface area contributed by atoms with Crippen molar-refractivity contribution in [3.8, 4) is 11.1 Å². The smallest absolute Gasteiger partial charge is 0.0216 e. The SMILES string of the molecule is Brc1ccc2c(c1)C(CCCCCCI)(CCCCCCI)c1cc(Br)ccc1-2. The van der Waals surface area contributed by atoms with Crippen LogP contribution in [0.1, 0.15) is 75.3 Å². The maximum Gasteiger partial charge on any atom is 0.0216 e. The molecule has 0 unspecified atom stereocenters. The molecule has 0 atom stereocenters. The van der Waals surface area contributed by atoms with Crippen LogP contribution in [0.5, 0.6) is 0 Å². The molecule has 0 saturated carbocycles. The second-order valence-corrected chi connectivity index (χ2v) is 12.2. The summed E-state index contributed by atoms with van der Waals surface area (Å²) in [4.78, 5) is 0. The summed E-state index contributed by atoms with van der Waals surface area (Å²) < 4.78 is 4.99. The van der Waals surface area contributed by atoms with Crippen LogP contribution in [-0.2, 0) is 5.41 Å². The van der Waals surface area contributed by atoms with E-state index in [1.165, 1.54) is 93.1 Å². The Balaban J connectivity index is 1.93. The molecular formula is C25H30Br2I2. The highest BCUT2D eigenvalue weighted by atomic mass is 127. The van der Waals surface area contributed by atoms with Crippen molar-refractivity contribution < 1.29 is 0 Å². The van der Waals surface area contributed by atoms with Gasteiger partial charge in [-0.1, -0.05) is 128 Å². The minimum atomic E-state index is 0.173. The van der Waals surface area contributed by atoms with Gasteiger partial charge in [0.05, 0.1) is 0 Å². The zero-order valence-corrected chi connectivity index (χ0v) is 24.4. The number of halogens is 4. The zero-order chi connectivity index (χ0) is 20.7. The van der Waals surface area contributed by atoms with Gasteiger partial charge in [0, 0.05) is 14.4 Å². The van der Waals surface area contributed by atoms with E-state index in [4.69, 9.17) is 0 Å². The van der Waals surface area contributed by atoms with Crippen molar-refractivity contribution in [2.24, 2.45) is 0 Å². The van der Waals surface area contributed by atoms with Gasteiger partial charge in [0.2, 0.25) is 0 Å². The molecule has 0 heterocycles. The van der Waals surface area contributed by atoms with Gasteiger partial charge in [-0.25, -0.2) is 0 Å². The fourth-order valence-electron chi connectivity index (χ4n) is 4.85. The normalized spacial score (nSPS) is 14.1. The van der Waals surface area contributed by atoms with E-state index >= 15 is 0 Å². The molecule has 0 aliphatic heterocycles. The Morgan fingerprint density at radius 2 is 1.00 bits per heavy atom. The molecule has 2 aromatic rings. The minimum absolute atomic E-state index is 0.173. The van der Waals surface area contributed by atoms with Crippen molar-refractivity contribution in [1.82, 2.24) is 0 Å². The van der Waals surface area contributed by atoms with Gasteiger partial charge in [-0.2, -0.15) is 0 Å². The third kappa shape index (κ3) is 6.01. The standard InChI is InChI=1S/C25H30Br2I2/c26-19-9-11-21-22-12-10-20(27)18-24(22)25(23(21)17-19,13-5-1-3-7-15-28)14-6-2-4-8-16-29/h9-12,17-18H,1-8,13-16H2. The molecule has 0 N–H and O–H groups in total. The highest BCUT2D eigenvalue weighted by Crippen LogP contribution is 2.55. The quantitative estimate of drug-likeness (QED) is 0.115. The van der Waals surface area contributed by atoms with Crippen molar-refractivity contribution in [2.45, 2.75) is 69.6 Å². The highest BCUT2D eigenvalue weighted by Gasteiger charge is 2.42. The molecular weight excluding hydrogens is 714 g/mol. The number of benzene rings is 2. The molecule has 0 nitrogen and oxygen atoms in total. The monoisotopic (exact) mass is 742 g/mol. The Bertz CT molecular complexity index is 736. The van der Waals surface area contributed by atoms with Crippen LogP contribution in [0.25, 0.3) is 11.1 Å². The molecule has 158 valence electrons. The zero-order valence-electron chi connectivity index (χ0n) is 17.0.